The highest BCUT2D eigenvalue weighted by Gasteiger charge is 2.63. The Morgan fingerprint density at radius 2 is 1.84 bits per heavy atom. The SMILES string of the molecule is CC(=O)O[C@H]1CC[C@H]2[C@@H]3[C@H](O)C[C@H]4CC(=O)CC[C@]4(C)[C@H]3CC[C@]12C. The summed E-state index contributed by atoms with van der Waals surface area (Å²) in [5.41, 5.74) is 0.195. The molecule has 4 nitrogen and oxygen atoms in total. The third kappa shape index (κ3) is 2.50. The fourth-order valence-corrected chi connectivity index (χ4v) is 7.36. The van der Waals surface area contributed by atoms with E-state index in [2.05, 4.69) is 13.8 Å². The van der Waals surface area contributed by atoms with Crippen LogP contribution in [0.15, 0.2) is 0 Å². The van der Waals surface area contributed by atoms with Gasteiger partial charge in [0.05, 0.1) is 6.10 Å². The number of carbonyl (C=O) groups is 2. The van der Waals surface area contributed by atoms with Crippen LogP contribution >= 0.6 is 0 Å². The lowest BCUT2D eigenvalue weighted by Crippen LogP contribution is -2.58. The second-order valence-electron chi connectivity index (χ2n) is 9.76. The summed E-state index contributed by atoms with van der Waals surface area (Å²) < 4.78 is 5.68. The van der Waals surface area contributed by atoms with E-state index in [-0.39, 0.29) is 29.0 Å². The van der Waals surface area contributed by atoms with Crippen LogP contribution in [0.25, 0.3) is 0 Å². The van der Waals surface area contributed by atoms with Gasteiger partial charge in [-0.1, -0.05) is 13.8 Å². The van der Waals surface area contributed by atoms with Gasteiger partial charge in [0.15, 0.2) is 0 Å². The number of rotatable bonds is 1. The van der Waals surface area contributed by atoms with Crippen molar-refractivity contribution in [1.82, 2.24) is 0 Å². The number of hydrogen-bond acceptors (Lipinski definition) is 4. The van der Waals surface area contributed by atoms with E-state index in [1.54, 1.807) is 0 Å². The van der Waals surface area contributed by atoms with Gasteiger partial charge in [0.25, 0.3) is 0 Å². The molecule has 4 aliphatic rings. The third-order valence-electron chi connectivity index (χ3n) is 8.72. The van der Waals surface area contributed by atoms with Crippen molar-refractivity contribution in [3.63, 3.8) is 0 Å². The van der Waals surface area contributed by atoms with Crippen molar-refractivity contribution in [3.8, 4) is 0 Å². The molecule has 0 amide bonds. The standard InChI is InChI=1S/C21H32O4/c1-12(22)25-18-5-4-15-19-16(7-9-21(15,18)3)20(2)8-6-14(23)10-13(20)11-17(19)24/h13,15-19,24H,4-11H2,1-3H3/t13-,15+,16+,17-,18+,19+,20+,21+/m1/s1. The third-order valence-corrected chi connectivity index (χ3v) is 8.72. The topological polar surface area (TPSA) is 63.6 Å². The molecule has 25 heavy (non-hydrogen) atoms. The molecule has 0 aromatic heterocycles. The Morgan fingerprint density at radius 1 is 1.12 bits per heavy atom. The van der Waals surface area contributed by atoms with Gasteiger partial charge in [-0.25, -0.2) is 0 Å². The predicted molar refractivity (Wildman–Crippen MR) is 93.7 cm³/mol. The van der Waals surface area contributed by atoms with Crippen LogP contribution in [0, 0.1) is 34.5 Å². The first-order valence-corrected chi connectivity index (χ1v) is 10.1. The minimum atomic E-state index is -0.310. The highest BCUT2D eigenvalue weighted by Crippen LogP contribution is 2.66. The van der Waals surface area contributed by atoms with Crippen molar-refractivity contribution < 1.29 is 19.4 Å². The maximum atomic E-state index is 12.0. The van der Waals surface area contributed by atoms with E-state index in [0.29, 0.717) is 42.3 Å². The second kappa shape index (κ2) is 5.80. The molecule has 4 aliphatic carbocycles. The number of carbonyl (C=O) groups excluding carboxylic acids is 2. The van der Waals surface area contributed by atoms with Gasteiger partial charge in [-0.3, -0.25) is 9.59 Å². The Labute approximate surface area is 150 Å². The summed E-state index contributed by atoms with van der Waals surface area (Å²) in [7, 11) is 0. The zero-order chi connectivity index (χ0) is 18.0. The maximum Gasteiger partial charge on any atom is 0.302 e. The van der Waals surface area contributed by atoms with Crippen molar-refractivity contribution >= 4 is 11.8 Å². The molecule has 0 spiro atoms. The summed E-state index contributed by atoms with van der Waals surface area (Å²) in [4.78, 5) is 23.5. The fourth-order valence-electron chi connectivity index (χ4n) is 7.36. The van der Waals surface area contributed by atoms with Crippen molar-refractivity contribution in [2.24, 2.45) is 34.5 Å². The summed E-state index contributed by atoms with van der Waals surface area (Å²) in [6, 6.07) is 0. The van der Waals surface area contributed by atoms with Gasteiger partial charge < -0.3 is 9.84 Å². The average molecular weight is 348 g/mol. The number of fused-ring (bicyclic) bond motifs is 5. The Morgan fingerprint density at radius 3 is 2.56 bits per heavy atom. The van der Waals surface area contributed by atoms with Gasteiger partial charge in [0.2, 0.25) is 0 Å². The lowest BCUT2D eigenvalue weighted by molar-refractivity contribution is -0.179. The van der Waals surface area contributed by atoms with Crippen LogP contribution in [0.4, 0.5) is 0 Å². The molecule has 0 heterocycles. The molecule has 1 N–H and O–H groups in total. The van der Waals surface area contributed by atoms with Crippen LogP contribution in [0.2, 0.25) is 0 Å². The first-order valence-electron chi connectivity index (χ1n) is 10.1. The van der Waals surface area contributed by atoms with Crippen LogP contribution in [-0.4, -0.2) is 29.1 Å². The quantitative estimate of drug-likeness (QED) is 0.737. The summed E-state index contributed by atoms with van der Waals surface area (Å²) in [5, 5.41) is 11.1. The highest BCUT2D eigenvalue weighted by atomic mass is 16.5. The average Bonchev–Trinajstić information content (AvgIpc) is 2.85. The summed E-state index contributed by atoms with van der Waals surface area (Å²) in [6.45, 7) is 6.16. The van der Waals surface area contributed by atoms with E-state index in [1.807, 2.05) is 0 Å². The first kappa shape index (κ1) is 17.5. The zero-order valence-corrected chi connectivity index (χ0v) is 15.8. The Hall–Kier alpha value is -0.900. The molecule has 4 fully saturated rings. The Kier molecular flexibility index (Phi) is 4.06. The number of aliphatic hydroxyl groups is 1. The van der Waals surface area contributed by atoms with Crippen molar-refractivity contribution in [2.45, 2.75) is 84.3 Å². The molecule has 0 aliphatic heterocycles. The molecule has 0 radical (unpaired) electrons. The molecular formula is C21H32O4. The number of ether oxygens (including phenoxy) is 1. The van der Waals surface area contributed by atoms with E-state index in [0.717, 1.165) is 38.5 Å². The lowest BCUT2D eigenvalue weighted by Gasteiger charge is -2.61. The lowest BCUT2D eigenvalue weighted by atomic mass is 9.44. The van der Waals surface area contributed by atoms with E-state index in [9.17, 15) is 14.7 Å². The normalized spacial score (nSPS) is 52.1. The van der Waals surface area contributed by atoms with Crippen molar-refractivity contribution in [3.05, 3.63) is 0 Å². The minimum Gasteiger partial charge on any atom is -0.462 e. The molecule has 0 bridgehead atoms. The number of Topliss-reactive ketones (excluding diaryl/α,β-unsaturated/α-hetero) is 1. The predicted octanol–water partition coefficient (Wildman–Crippen LogP) is 3.50. The maximum absolute atomic E-state index is 12.0. The van der Waals surface area contributed by atoms with Gasteiger partial charge in [0, 0.05) is 25.2 Å². The highest BCUT2D eigenvalue weighted by molar-refractivity contribution is 5.79. The van der Waals surface area contributed by atoms with Gasteiger partial charge >= 0.3 is 5.97 Å². The molecule has 4 heteroatoms. The van der Waals surface area contributed by atoms with Gasteiger partial charge in [-0.05, 0) is 67.6 Å². The second-order valence-corrected chi connectivity index (χ2v) is 9.76. The van der Waals surface area contributed by atoms with Crippen LogP contribution in [-0.2, 0) is 14.3 Å². The molecule has 8 atom stereocenters. The Balaban J connectivity index is 1.63. The molecule has 0 aromatic carbocycles. The smallest absolute Gasteiger partial charge is 0.302 e. The van der Waals surface area contributed by atoms with E-state index in [1.165, 1.54) is 6.92 Å². The fraction of sp³-hybridized carbons (Fsp3) is 0.905. The molecule has 140 valence electrons. The molecule has 0 unspecified atom stereocenters. The number of hydrogen-bond donors (Lipinski definition) is 1. The van der Waals surface area contributed by atoms with E-state index in [4.69, 9.17) is 4.74 Å². The zero-order valence-electron chi connectivity index (χ0n) is 15.8. The minimum absolute atomic E-state index is 0.00149. The van der Waals surface area contributed by atoms with Gasteiger partial charge in [-0.15, -0.1) is 0 Å². The van der Waals surface area contributed by atoms with Gasteiger partial charge in [-0.2, -0.15) is 0 Å². The monoisotopic (exact) mass is 348 g/mol. The van der Waals surface area contributed by atoms with Crippen LogP contribution in [0.1, 0.15) is 72.1 Å². The molecule has 4 rings (SSSR count). The molecule has 0 aromatic rings. The molecule has 0 saturated heterocycles. The van der Waals surface area contributed by atoms with Crippen LogP contribution in [0.3, 0.4) is 0 Å². The Bertz CT molecular complexity index is 586. The number of esters is 1. The van der Waals surface area contributed by atoms with Crippen LogP contribution in [0.5, 0.6) is 0 Å². The molecular weight excluding hydrogens is 316 g/mol. The summed E-state index contributed by atoms with van der Waals surface area (Å²) >= 11 is 0. The largest absolute Gasteiger partial charge is 0.462 e. The van der Waals surface area contributed by atoms with Crippen molar-refractivity contribution in [1.29, 1.82) is 0 Å². The number of ketones is 1. The van der Waals surface area contributed by atoms with Crippen LogP contribution < -0.4 is 0 Å². The molecule has 4 saturated carbocycles. The summed E-state index contributed by atoms with van der Waals surface area (Å²) in [6.07, 6.45) is 6.96. The van der Waals surface area contributed by atoms with Crippen molar-refractivity contribution in [2.75, 3.05) is 0 Å². The number of aliphatic hydroxyl groups excluding tert-OH is 1. The van der Waals surface area contributed by atoms with Gasteiger partial charge in [0.1, 0.15) is 11.9 Å². The summed E-state index contributed by atoms with van der Waals surface area (Å²) in [5.74, 6) is 1.78. The first-order chi connectivity index (χ1) is 11.8. The van der Waals surface area contributed by atoms with E-state index >= 15 is 0 Å². The van der Waals surface area contributed by atoms with E-state index < -0.39 is 0 Å².